The van der Waals surface area contributed by atoms with Crippen LogP contribution in [-0.4, -0.2) is 46.4 Å². The van der Waals surface area contributed by atoms with Crippen LogP contribution in [0.25, 0.3) is 0 Å². The number of halogens is 1. The lowest BCUT2D eigenvalue weighted by atomic mass is 9.67. The van der Waals surface area contributed by atoms with Crippen LogP contribution in [-0.2, 0) is 4.79 Å². The van der Waals surface area contributed by atoms with Gasteiger partial charge in [-0.1, -0.05) is 15.9 Å². The van der Waals surface area contributed by atoms with E-state index in [0.29, 0.717) is 40.9 Å². The molecule has 0 bridgehead atoms. The minimum absolute atomic E-state index is 0.0741. The Morgan fingerprint density at radius 3 is 2.16 bits per heavy atom. The molecule has 3 aromatic rings. The zero-order chi connectivity index (χ0) is 25.8. The minimum Gasteiger partial charge on any atom is -0.493 e. The van der Waals surface area contributed by atoms with Gasteiger partial charge < -0.3 is 28.6 Å². The maximum absolute atomic E-state index is 14.0. The van der Waals surface area contributed by atoms with Gasteiger partial charge in [0.15, 0.2) is 28.8 Å². The molecule has 3 atom stereocenters. The van der Waals surface area contributed by atoms with Crippen LogP contribution in [0, 0.1) is 11.8 Å². The van der Waals surface area contributed by atoms with Crippen LogP contribution >= 0.6 is 15.9 Å². The molecule has 6 rings (SSSR count). The molecule has 1 saturated heterocycles. The SMILES string of the molecule is COc1cc([C@@H]2c3cc4c(cc3C(=O)[C@H]3CN(c5ccc(Br)cc5)C(=O)[C@@H]23)OCO4)cc(OC)c1OC. The number of ketones is 1. The standard InChI is InChI=1S/C28H24BrNO7/c1-33-22-8-14(9-23(34-2)27(22)35-3)24-17-10-20-21(37-13-36-20)11-18(17)26(31)19-12-30(28(32)25(19)24)16-6-4-15(29)5-7-16/h4-11,19,24-25H,12-13H2,1-3H3/t19-,24+,25+/m0/s1. The van der Waals surface area contributed by atoms with Crippen molar-refractivity contribution in [2.24, 2.45) is 11.8 Å². The zero-order valence-corrected chi connectivity index (χ0v) is 22.0. The third-order valence-electron chi connectivity index (χ3n) is 7.39. The van der Waals surface area contributed by atoms with Gasteiger partial charge in [-0.2, -0.15) is 0 Å². The second-order valence-corrected chi connectivity index (χ2v) is 10.1. The predicted molar refractivity (Wildman–Crippen MR) is 138 cm³/mol. The molecule has 0 aromatic heterocycles. The zero-order valence-electron chi connectivity index (χ0n) is 20.4. The minimum atomic E-state index is -0.619. The first kappa shape index (κ1) is 23.7. The van der Waals surface area contributed by atoms with E-state index in [1.807, 2.05) is 42.5 Å². The summed E-state index contributed by atoms with van der Waals surface area (Å²) in [6, 6.07) is 14.8. The van der Waals surface area contributed by atoms with E-state index in [1.165, 1.54) is 0 Å². The van der Waals surface area contributed by atoms with Crippen molar-refractivity contribution >= 4 is 33.3 Å². The summed E-state index contributed by atoms with van der Waals surface area (Å²) in [5, 5.41) is 0. The van der Waals surface area contributed by atoms with Crippen LogP contribution in [0.5, 0.6) is 28.7 Å². The molecule has 0 radical (unpaired) electrons. The molecule has 1 aliphatic carbocycles. The van der Waals surface area contributed by atoms with Crippen LogP contribution in [0.15, 0.2) is 53.0 Å². The Morgan fingerprint density at radius 1 is 0.892 bits per heavy atom. The predicted octanol–water partition coefficient (Wildman–Crippen LogP) is 4.81. The maximum Gasteiger partial charge on any atom is 0.231 e. The lowest BCUT2D eigenvalue weighted by molar-refractivity contribution is -0.121. The molecular formula is C28H24BrNO7. The lowest BCUT2D eigenvalue weighted by Gasteiger charge is -2.33. The molecule has 2 heterocycles. The summed E-state index contributed by atoms with van der Waals surface area (Å²) in [4.78, 5) is 29.6. The number of hydrogen-bond acceptors (Lipinski definition) is 7. The molecule has 37 heavy (non-hydrogen) atoms. The second-order valence-electron chi connectivity index (χ2n) is 9.15. The fourth-order valence-corrected chi connectivity index (χ4v) is 5.98. The monoisotopic (exact) mass is 565 g/mol. The average molecular weight is 566 g/mol. The van der Waals surface area contributed by atoms with E-state index in [4.69, 9.17) is 23.7 Å². The number of hydrogen-bond donors (Lipinski definition) is 0. The Bertz CT molecular complexity index is 1400. The highest BCUT2D eigenvalue weighted by Gasteiger charge is 2.54. The fourth-order valence-electron chi connectivity index (χ4n) is 5.72. The molecule has 0 saturated carbocycles. The van der Waals surface area contributed by atoms with Crippen molar-refractivity contribution in [3.8, 4) is 28.7 Å². The largest absolute Gasteiger partial charge is 0.493 e. The van der Waals surface area contributed by atoms with E-state index in [-0.39, 0.29) is 18.5 Å². The van der Waals surface area contributed by atoms with E-state index in [9.17, 15) is 9.59 Å². The van der Waals surface area contributed by atoms with E-state index in [2.05, 4.69) is 15.9 Å². The van der Waals surface area contributed by atoms with Crippen molar-refractivity contribution in [3.05, 3.63) is 69.7 Å². The van der Waals surface area contributed by atoms with Gasteiger partial charge >= 0.3 is 0 Å². The Labute approximate surface area is 222 Å². The van der Waals surface area contributed by atoms with Gasteiger partial charge in [0.2, 0.25) is 18.4 Å². The number of nitrogens with zero attached hydrogens (tertiary/aromatic N) is 1. The molecule has 3 aliphatic rings. The van der Waals surface area contributed by atoms with Gasteiger partial charge in [-0.3, -0.25) is 9.59 Å². The third kappa shape index (κ3) is 3.63. The molecule has 1 amide bonds. The van der Waals surface area contributed by atoms with Gasteiger partial charge in [-0.15, -0.1) is 0 Å². The average Bonchev–Trinajstić information content (AvgIpc) is 3.52. The molecule has 0 unspecified atom stereocenters. The van der Waals surface area contributed by atoms with Crippen molar-refractivity contribution in [1.29, 1.82) is 0 Å². The first-order chi connectivity index (χ1) is 17.9. The van der Waals surface area contributed by atoms with Crippen molar-refractivity contribution in [2.75, 3.05) is 39.6 Å². The lowest BCUT2D eigenvalue weighted by Crippen LogP contribution is -2.36. The first-order valence-electron chi connectivity index (χ1n) is 11.8. The van der Waals surface area contributed by atoms with Crippen LogP contribution < -0.4 is 28.6 Å². The van der Waals surface area contributed by atoms with Gasteiger partial charge in [0.1, 0.15) is 0 Å². The number of Topliss-reactive ketones (excluding diaryl/α,β-unsaturated/α-hetero) is 1. The highest BCUT2D eigenvalue weighted by atomic mass is 79.9. The summed E-state index contributed by atoms with van der Waals surface area (Å²) in [5.41, 5.74) is 2.78. The number of ether oxygens (including phenoxy) is 5. The van der Waals surface area contributed by atoms with Crippen molar-refractivity contribution in [2.45, 2.75) is 5.92 Å². The van der Waals surface area contributed by atoms with Gasteiger partial charge in [0.05, 0.1) is 33.2 Å². The van der Waals surface area contributed by atoms with Crippen LogP contribution in [0.3, 0.4) is 0 Å². The first-order valence-corrected chi connectivity index (χ1v) is 12.6. The van der Waals surface area contributed by atoms with Crippen molar-refractivity contribution < 1.29 is 33.3 Å². The topological polar surface area (TPSA) is 83.5 Å². The van der Waals surface area contributed by atoms with Crippen LogP contribution in [0.2, 0.25) is 0 Å². The highest BCUT2D eigenvalue weighted by molar-refractivity contribution is 9.10. The van der Waals surface area contributed by atoms with Crippen molar-refractivity contribution in [1.82, 2.24) is 0 Å². The molecular weight excluding hydrogens is 542 g/mol. The highest BCUT2D eigenvalue weighted by Crippen LogP contribution is 2.53. The summed E-state index contributed by atoms with van der Waals surface area (Å²) >= 11 is 3.45. The number of anilines is 1. The number of carbonyl (C=O) groups excluding carboxylic acids is 2. The molecule has 0 spiro atoms. The summed E-state index contributed by atoms with van der Waals surface area (Å²) in [6.07, 6.45) is 0. The quantitative estimate of drug-likeness (QED) is 0.439. The van der Waals surface area contributed by atoms with E-state index >= 15 is 0 Å². The van der Waals surface area contributed by atoms with Crippen molar-refractivity contribution in [3.63, 3.8) is 0 Å². The number of methoxy groups -OCH3 is 3. The Kier molecular flexibility index (Phi) is 5.75. The molecule has 3 aromatic carbocycles. The van der Waals surface area contributed by atoms with E-state index < -0.39 is 17.8 Å². The molecule has 1 fully saturated rings. The summed E-state index contributed by atoms with van der Waals surface area (Å²) in [6.45, 7) is 0.378. The summed E-state index contributed by atoms with van der Waals surface area (Å²) in [7, 11) is 4.65. The summed E-state index contributed by atoms with van der Waals surface area (Å²) < 4.78 is 28.9. The van der Waals surface area contributed by atoms with Gasteiger partial charge in [-0.25, -0.2) is 0 Å². The van der Waals surface area contributed by atoms with E-state index in [0.717, 1.165) is 21.3 Å². The number of amides is 1. The van der Waals surface area contributed by atoms with Gasteiger partial charge in [-0.05, 0) is 59.7 Å². The number of benzene rings is 3. The molecule has 8 nitrogen and oxygen atoms in total. The molecule has 2 aliphatic heterocycles. The Morgan fingerprint density at radius 2 is 1.54 bits per heavy atom. The van der Waals surface area contributed by atoms with Gasteiger partial charge in [0.25, 0.3) is 0 Å². The van der Waals surface area contributed by atoms with Crippen LogP contribution in [0.1, 0.15) is 27.4 Å². The fraction of sp³-hybridized carbons (Fsp3) is 0.286. The van der Waals surface area contributed by atoms with Crippen LogP contribution in [0.4, 0.5) is 5.69 Å². The number of fused-ring (bicyclic) bond motifs is 3. The second kappa shape index (κ2) is 8.99. The Hall–Kier alpha value is -3.72. The number of rotatable bonds is 5. The van der Waals surface area contributed by atoms with E-state index in [1.54, 1.807) is 32.3 Å². The Balaban J connectivity index is 1.55. The smallest absolute Gasteiger partial charge is 0.231 e. The summed E-state index contributed by atoms with van der Waals surface area (Å²) in [5.74, 6) is 0.704. The maximum atomic E-state index is 14.0. The number of carbonyl (C=O) groups is 2. The van der Waals surface area contributed by atoms with Gasteiger partial charge in [0, 0.05) is 28.2 Å². The molecule has 190 valence electrons. The molecule has 0 N–H and O–H groups in total. The third-order valence-corrected chi connectivity index (χ3v) is 7.92. The normalized spacial score (nSPS) is 21.5. The molecule has 9 heteroatoms.